The predicted molar refractivity (Wildman–Crippen MR) is 74.1 cm³/mol. The highest BCUT2D eigenvalue weighted by atomic mass is 19.4. The fraction of sp³-hybridized carbons (Fsp3) is 0.200. The Hall–Kier alpha value is -2.57. The van der Waals surface area contributed by atoms with Gasteiger partial charge in [-0.15, -0.1) is 0 Å². The highest BCUT2D eigenvalue weighted by molar-refractivity contribution is 6.13. The van der Waals surface area contributed by atoms with Crippen LogP contribution in [0.5, 0.6) is 0 Å². The van der Waals surface area contributed by atoms with Crippen molar-refractivity contribution < 1.29 is 18.0 Å². The summed E-state index contributed by atoms with van der Waals surface area (Å²) in [6, 6.07) is 8.19. The quantitative estimate of drug-likeness (QED) is 0.867. The van der Waals surface area contributed by atoms with E-state index in [9.17, 15) is 22.8 Å². The van der Waals surface area contributed by atoms with Gasteiger partial charge in [0.25, 0.3) is 5.56 Å². The van der Waals surface area contributed by atoms with Crippen LogP contribution in [0.25, 0.3) is 0 Å². The summed E-state index contributed by atoms with van der Waals surface area (Å²) in [6.45, 7) is 0.549. The van der Waals surface area contributed by atoms with Crippen molar-refractivity contribution in [2.24, 2.45) is 0 Å². The fourth-order valence-corrected chi connectivity index (χ4v) is 2.53. The number of hydrogen-bond donors (Lipinski definition) is 1. The summed E-state index contributed by atoms with van der Waals surface area (Å²) in [5.41, 5.74) is -2.33. The Morgan fingerprint density at radius 1 is 1.18 bits per heavy atom. The molecule has 1 aromatic carbocycles. The Balaban J connectivity index is 2.28. The van der Waals surface area contributed by atoms with E-state index in [0.29, 0.717) is 12.6 Å². The molecule has 2 heterocycles. The average molecular weight is 308 g/mol. The van der Waals surface area contributed by atoms with Crippen molar-refractivity contribution in [1.29, 1.82) is 0 Å². The molecule has 0 spiro atoms. The lowest BCUT2D eigenvalue weighted by atomic mass is 9.98. The SMILES string of the molecule is O=C(c1ccccc1)c1c(C(F)(F)F)cc(=O)n2c1NCC2. The van der Waals surface area contributed by atoms with Crippen LogP contribution in [0.15, 0.2) is 41.2 Å². The largest absolute Gasteiger partial charge is 0.417 e. The van der Waals surface area contributed by atoms with Crippen LogP contribution in [0.3, 0.4) is 0 Å². The molecule has 7 heteroatoms. The zero-order valence-corrected chi connectivity index (χ0v) is 11.3. The normalized spacial score (nSPS) is 13.6. The minimum atomic E-state index is -4.78. The molecule has 0 unspecified atom stereocenters. The van der Waals surface area contributed by atoms with Gasteiger partial charge in [-0.25, -0.2) is 0 Å². The van der Waals surface area contributed by atoms with E-state index in [-0.39, 0.29) is 17.9 Å². The molecule has 22 heavy (non-hydrogen) atoms. The molecule has 0 amide bonds. The van der Waals surface area contributed by atoms with Gasteiger partial charge < -0.3 is 5.32 Å². The zero-order chi connectivity index (χ0) is 15.9. The van der Waals surface area contributed by atoms with Gasteiger partial charge in [0.2, 0.25) is 0 Å². The molecule has 0 saturated heterocycles. The lowest BCUT2D eigenvalue weighted by Crippen LogP contribution is -2.25. The number of hydrogen-bond acceptors (Lipinski definition) is 3. The van der Waals surface area contributed by atoms with Crippen LogP contribution in [0.1, 0.15) is 21.5 Å². The van der Waals surface area contributed by atoms with Crippen molar-refractivity contribution in [2.75, 3.05) is 11.9 Å². The summed E-state index contributed by atoms with van der Waals surface area (Å²) in [5.74, 6) is -0.820. The molecule has 0 fully saturated rings. The van der Waals surface area contributed by atoms with Gasteiger partial charge in [-0.1, -0.05) is 30.3 Å². The molecule has 1 N–H and O–H groups in total. The second-order valence-corrected chi connectivity index (χ2v) is 4.89. The third kappa shape index (κ3) is 2.28. The summed E-state index contributed by atoms with van der Waals surface area (Å²) in [7, 11) is 0. The molecule has 0 saturated carbocycles. The summed E-state index contributed by atoms with van der Waals surface area (Å²) < 4.78 is 40.9. The number of ketones is 1. The topological polar surface area (TPSA) is 51.1 Å². The highest BCUT2D eigenvalue weighted by Gasteiger charge is 2.39. The van der Waals surface area contributed by atoms with E-state index < -0.39 is 28.6 Å². The summed E-state index contributed by atoms with van der Waals surface area (Å²) in [6.07, 6.45) is -4.78. The molecule has 114 valence electrons. The molecule has 0 aliphatic carbocycles. The third-order valence-electron chi connectivity index (χ3n) is 3.51. The van der Waals surface area contributed by atoms with E-state index in [1.54, 1.807) is 18.2 Å². The van der Waals surface area contributed by atoms with Crippen LogP contribution < -0.4 is 10.9 Å². The fourth-order valence-electron chi connectivity index (χ4n) is 2.53. The van der Waals surface area contributed by atoms with Gasteiger partial charge >= 0.3 is 6.18 Å². The van der Waals surface area contributed by atoms with Crippen molar-refractivity contribution in [3.05, 3.63) is 63.4 Å². The number of alkyl halides is 3. The van der Waals surface area contributed by atoms with Gasteiger partial charge in [-0.05, 0) is 0 Å². The van der Waals surface area contributed by atoms with Crippen LogP contribution in [0.4, 0.5) is 19.0 Å². The van der Waals surface area contributed by atoms with E-state index in [2.05, 4.69) is 5.32 Å². The molecule has 4 nitrogen and oxygen atoms in total. The van der Waals surface area contributed by atoms with Crippen molar-refractivity contribution in [3.63, 3.8) is 0 Å². The number of nitrogens with one attached hydrogen (secondary N) is 1. The number of halogens is 3. The predicted octanol–water partition coefficient (Wildman–Crippen LogP) is 2.52. The lowest BCUT2D eigenvalue weighted by molar-refractivity contribution is -0.138. The van der Waals surface area contributed by atoms with Gasteiger partial charge in [0.15, 0.2) is 5.78 Å². The Labute approximate surface area is 123 Å². The van der Waals surface area contributed by atoms with E-state index in [4.69, 9.17) is 0 Å². The minimum absolute atomic E-state index is 0.0614. The lowest BCUT2D eigenvalue weighted by Gasteiger charge is -2.16. The van der Waals surface area contributed by atoms with E-state index >= 15 is 0 Å². The molecule has 1 aromatic heterocycles. The maximum Gasteiger partial charge on any atom is 0.417 e. The number of rotatable bonds is 2. The minimum Gasteiger partial charge on any atom is -0.369 e. The highest BCUT2D eigenvalue weighted by Crippen LogP contribution is 2.36. The maximum absolute atomic E-state index is 13.2. The Kier molecular flexibility index (Phi) is 3.27. The van der Waals surface area contributed by atoms with Gasteiger partial charge in [0.05, 0.1) is 11.1 Å². The molecule has 0 atom stereocenters. The van der Waals surface area contributed by atoms with Gasteiger partial charge in [-0.2, -0.15) is 13.2 Å². The summed E-state index contributed by atoms with van der Waals surface area (Å²) in [5, 5.41) is 2.71. The van der Waals surface area contributed by atoms with Crippen molar-refractivity contribution in [2.45, 2.75) is 12.7 Å². The molecule has 3 rings (SSSR count). The molecule has 1 aliphatic rings. The molecule has 0 radical (unpaired) electrons. The first kappa shape index (κ1) is 14.4. The van der Waals surface area contributed by atoms with Crippen LogP contribution in [-0.4, -0.2) is 16.9 Å². The maximum atomic E-state index is 13.2. The second-order valence-electron chi connectivity index (χ2n) is 4.89. The number of nitrogens with zero attached hydrogens (tertiary/aromatic N) is 1. The van der Waals surface area contributed by atoms with Gasteiger partial charge in [0, 0.05) is 24.7 Å². The summed E-state index contributed by atoms with van der Waals surface area (Å²) in [4.78, 5) is 24.3. The average Bonchev–Trinajstić information content (AvgIpc) is 2.96. The first-order chi connectivity index (χ1) is 10.4. The number of benzene rings is 1. The van der Waals surface area contributed by atoms with Crippen LogP contribution in [0, 0.1) is 0 Å². The standard InChI is InChI=1S/C15H11F3N2O2/c16-15(17,18)10-8-11(21)20-7-6-19-14(20)12(10)13(22)9-4-2-1-3-5-9/h1-5,8,19H,6-7H2. The van der Waals surface area contributed by atoms with E-state index in [0.717, 1.165) is 4.57 Å². The second kappa shape index (κ2) is 5.01. The Bertz CT molecular complexity index is 795. The number of aromatic nitrogens is 1. The Morgan fingerprint density at radius 2 is 1.86 bits per heavy atom. The van der Waals surface area contributed by atoms with E-state index in [1.165, 1.54) is 12.1 Å². The Morgan fingerprint density at radius 3 is 2.50 bits per heavy atom. The van der Waals surface area contributed by atoms with Crippen molar-refractivity contribution in [3.8, 4) is 0 Å². The van der Waals surface area contributed by atoms with Crippen LogP contribution >= 0.6 is 0 Å². The first-order valence-corrected chi connectivity index (χ1v) is 6.58. The number of carbonyl (C=O) groups excluding carboxylic acids is 1. The van der Waals surface area contributed by atoms with Gasteiger partial charge in [-0.3, -0.25) is 14.2 Å². The monoisotopic (exact) mass is 308 g/mol. The van der Waals surface area contributed by atoms with E-state index in [1.807, 2.05) is 0 Å². The third-order valence-corrected chi connectivity index (χ3v) is 3.51. The number of anilines is 1. The number of fused-ring (bicyclic) bond motifs is 1. The number of pyridine rings is 1. The number of carbonyl (C=O) groups is 1. The van der Waals surface area contributed by atoms with Crippen LogP contribution in [0.2, 0.25) is 0 Å². The van der Waals surface area contributed by atoms with Crippen LogP contribution in [-0.2, 0) is 12.7 Å². The summed E-state index contributed by atoms with van der Waals surface area (Å²) >= 11 is 0. The van der Waals surface area contributed by atoms with Crippen molar-refractivity contribution in [1.82, 2.24) is 4.57 Å². The smallest absolute Gasteiger partial charge is 0.369 e. The molecule has 0 bridgehead atoms. The first-order valence-electron chi connectivity index (χ1n) is 6.58. The molecular formula is C15H11F3N2O2. The molecule has 2 aromatic rings. The van der Waals surface area contributed by atoms with Crippen molar-refractivity contribution >= 4 is 11.6 Å². The molecular weight excluding hydrogens is 297 g/mol. The molecule has 1 aliphatic heterocycles. The zero-order valence-electron chi connectivity index (χ0n) is 11.3. The van der Waals surface area contributed by atoms with Gasteiger partial charge in [0.1, 0.15) is 5.82 Å².